The number of aliphatic hydroxyl groups excluding tert-OH is 1. The van der Waals surface area contributed by atoms with E-state index in [4.69, 9.17) is 0 Å². The minimum atomic E-state index is -0.449. The van der Waals surface area contributed by atoms with Gasteiger partial charge in [-0.2, -0.15) is 0 Å². The van der Waals surface area contributed by atoms with Gasteiger partial charge in [-0.15, -0.1) is 0 Å². The van der Waals surface area contributed by atoms with Crippen LogP contribution in [0.1, 0.15) is 50.0 Å². The van der Waals surface area contributed by atoms with Gasteiger partial charge < -0.3 is 15.3 Å². The smallest absolute Gasteiger partial charge is 0.253 e. The third kappa shape index (κ3) is 4.57. The lowest BCUT2D eigenvalue weighted by Crippen LogP contribution is -2.45. The Morgan fingerprint density at radius 2 is 1.88 bits per heavy atom. The Hall–Kier alpha value is -1.88. The number of carbonyl (C=O) groups excluding carboxylic acids is 2. The molecule has 2 amide bonds. The van der Waals surface area contributed by atoms with E-state index >= 15 is 0 Å². The number of aliphatic hydroxyl groups is 1. The van der Waals surface area contributed by atoms with Crippen LogP contribution in [0.15, 0.2) is 24.3 Å². The molecule has 2 rings (SSSR count). The summed E-state index contributed by atoms with van der Waals surface area (Å²) in [5.41, 5.74) is 1.15. The first-order valence-corrected chi connectivity index (χ1v) is 8.53. The maximum Gasteiger partial charge on any atom is 0.253 e. The first-order valence-electron chi connectivity index (χ1n) is 8.53. The lowest BCUT2D eigenvalue weighted by atomic mass is 9.95. The SMILES string of the molecule is CC1CCN(C(=O)c2ccc(CNC(=O)C(C)(C)C)cc2)CC1O. The standard InChI is InChI=1S/C19H28N2O3/c1-13-9-10-21(12-16(13)22)17(23)15-7-5-14(6-8-15)11-20-18(24)19(2,3)4/h5-8,13,16,22H,9-12H2,1-4H3,(H,20,24). The number of hydrogen-bond donors (Lipinski definition) is 2. The van der Waals surface area contributed by atoms with Gasteiger partial charge in [0.25, 0.3) is 5.91 Å². The molecular weight excluding hydrogens is 304 g/mol. The van der Waals surface area contributed by atoms with E-state index in [9.17, 15) is 14.7 Å². The minimum absolute atomic E-state index is 0.000855. The molecule has 24 heavy (non-hydrogen) atoms. The van der Waals surface area contributed by atoms with Gasteiger partial charge in [0.15, 0.2) is 0 Å². The number of piperidine rings is 1. The molecular formula is C19H28N2O3. The summed E-state index contributed by atoms with van der Waals surface area (Å²) < 4.78 is 0. The molecule has 0 spiro atoms. The van der Waals surface area contributed by atoms with Crippen LogP contribution in [0.3, 0.4) is 0 Å². The van der Waals surface area contributed by atoms with Gasteiger partial charge >= 0.3 is 0 Å². The van der Waals surface area contributed by atoms with Crippen molar-refractivity contribution in [1.82, 2.24) is 10.2 Å². The fourth-order valence-corrected chi connectivity index (χ4v) is 2.63. The van der Waals surface area contributed by atoms with E-state index in [0.29, 0.717) is 25.2 Å². The summed E-state index contributed by atoms with van der Waals surface area (Å²) in [6.07, 6.45) is 0.374. The Kier molecular flexibility index (Phi) is 5.65. The van der Waals surface area contributed by atoms with Crippen LogP contribution in [0.25, 0.3) is 0 Å². The second kappa shape index (κ2) is 7.34. The molecule has 0 aromatic heterocycles. The van der Waals surface area contributed by atoms with Gasteiger partial charge in [-0.25, -0.2) is 0 Å². The van der Waals surface area contributed by atoms with Gasteiger partial charge in [-0.1, -0.05) is 39.8 Å². The monoisotopic (exact) mass is 332 g/mol. The van der Waals surface area contributed by atoms with E-state index in [1.165, 1.54) is 0 Å². The zero-order valence-corrected chi connectivity index (χ0v) is 15.0. The molecule has 1 heterocycles. The van der Waals surface area contributed by atoms with Gasteiger partial charge in [-0.05, 0) is 30.0 Å². The Morgan fingerprint density at radius 1 is 1.25 bits per heavy atom. The van der Waals surface area contributed by atoms with Crippen LogP contribution in [0.4, 0.5) is 0 Å². The summed E-state index contributed by atoms with van der Waals surface area (Å²) in [4.78, 5) is 26.1. The van der Waals surface area contributed by atoms with Gasteiger partial charge in [-0.3, -0.25) is 9.59 Å². The number of rotatable bonds is 3. The molecule has 0 aliphatic carbocycles. The minimum Gasteiger partial charge on any atom is -0.391 e. The highest BCUT2D eigenvalue weighted by molar-refractivity contribution is 5.94. The highest BCUT2D eigenvalue weighted by atomic mass is 16.3. The van der Waals surface area contributed by atoms with Crippen molar-refractivity contribution in [2.24, 2.45) is 11.3 Å². The summed E-state index contributed by atoms with van der Waals surface area (Å²) in [5.74, 6) is 0.188. The lowest BCUT2D eigenvalue weighted by Gasteiger charge is -2.34. The van der Waals surface area contributed by atoms with E-state index in [-0.39, 0.29) is 17.7 Å². The number of nitrogens with one attached hydrogen (secondary N) is 1. The topological polar surface area (TPSA) is 69.6 Å². The van der Waals surface area contributed by atoms with E-state index in [1.807, 2.05) is 39.8 Å². The molecule has 1 fully saturated rings. The zero-order valence-electron chi connectivity index (χ0n) is 15.0. The largest absolute Gasteiger partial charge is 0.391 e. The van der Waals surface area contributed by atoms with Gasteiger partial charge in [0.05, 0.1) is 6.10 Å². The highest BCUT2D eigenvalue weighted by Gasteiger charge is 2.27. The fraction of sp³-hybridized carbons (Fsp3) is 0.579. The zero-order chi connectivity index (χ0) is 17.9. The summed E-state index contributed by atoms with van der Waals surface area (Å²) >= 11 is 0. The first kappa shape index (κ1) is 18.5. The number of benzene rings is 1. The summed E-state index contributed by atoms with van der Waals surface area (Å²) in [7, 11) is 0. The van der Waals surface area contributed by atoms with E-state index in [0.717, 1.165) is 12.0 Å². The number of hydrogen-bond acceptors (Lipinski definition) is 3. The van der Waals surface area contributed by atoms with Gasteiger partial charge in [0.2, 0.25) is 5.91 Å². The molecule has 5 heteroatoms. The molecule has 0 radical (unpaired) electrons. The van der Waals surface area contributed by atoms with Crippen molar-refractivity contribution in [3.8, 4) is 0 Å². The third-order valence-corrected chi connectivity index (χ3v) is 4.54. The molecule has 5 nitrogen and oxygen atoms in total. The number of amides is 2. The second-order valence-corrected chi connectivity index (χ2v) is 7.71. The number of β-amino-alcohol motifs (C(OH)–C–C–N with tert-alkyl or cyclic N) is 1. The molecule has 2 unspecified atom stereocenters. The predicted octanol–water partition coefficient (Wildman–Crippen LogP) is 2.19. The Morgan fingerprint density at radius 3 is 2.42 bits per heavy atom. The average molecular weight is 332 g/mol. The number of likely N-dealkylation sites (tertiary alicyclic amines) is 1. The van der Waals surface area contributed by atoms with Crippen LogP contribution < -0.4 is 5.32 Å². The maximum absolute atomic E-state index is 12.5. The summed E-state index contributed by atoms with van der Waals surface area (Å²) in [5, 5.41) is 12.8. The van der Waals surface area contributed by atoms with Crippen molar-refractivity contribution < 1.29 is 14.7 Å². The molecule has 1 aromatic carbocycles. The van der Waals surface area contributed by atoms with Crippen molar-refractivity contribution in [3.05, 3.63) is 35.4 Å². The van der Waals surface area contributed by atoms with E-state index < -0.39 is 11.5 Å². The second-order valence-electron chi connectivity index (χ2n) is 7.71. The Labute approximate surface area is 144 Å². The highest BCUT2D eigenvalue weighted by Crippen LogP contribution is 2.19. The average Bonchev–Trinajstić information content (AvgIpc) is 2.54. The Bertz CT molecular complexity index is 590. The van der Waals surface area contributed by atoms with Crippen molar-refractivity contribution in [2.75, 3.05) is 13.1 Å². The van der Waals surface area contributed by atoms with Gasteiger partial charge in [0.1, 0.15) is 0 Å². The van der Waals surface area contributed by atoms with Gasteiger partial charge in [0, 0.05) is 30.6 Å². The van der Waals surface area contributed by atoms with Crippen molar-refractivity contribution >= 4 is 11.8 Å². The fourth-order valence-electron chi connectivity index (χ4n) is 2.63. The lowest BCUT2D eigenvalue weighted by molar-refractivity contribution is -0.128. The number of carbonyl (C=O) groups is 2. The summed E-state index contributed by atoms with van der Waals surface area (Å²) in [6, 6.07) is 7.29. The maximum atomic E-state index is 12.5. The van der Waals surface area contributed by atoms with Crippen LogP contribution >= 0.6 is 0 Å². The van der Waals surface area contributed by atoms with E-state index in [2.05, 4.69) is 5.32 Å². The molecule has 0 saturated carbocycles. The van der Waals surface area contributed by atoms with Crippen molar-refractivity contribution in [3.63, 3.8) is 0 Å². The molecule has 1 aliphatic rings. The van der Waals surface area contributed by atoms with Crippen LogP contribution in [-0.2, 0) is 11.3 Å². The number of nitrogens with zero attached hydrogens (tertiary/aromatic N) is 1. The molecule has 2 N–H and O–H groups in total. The molecule has 0 bridgehead atoms. The molecule has 1 aromatic rings. The quantitative estimate of drug-likeness (QED) is 0.891. The Balaban J connectivity index is 1.94. The summed E-state index contributed by atoms with van der Waals surface area (Å²) in [6.45, 7) is 9.15. The van der Waals surface area contributed by atoms with Crippen LogP contribution in [0, 0.1) is 11.3 Å². The predicted molar refractivity (Wildman–Crippen MR) is 93.4 cm³/mol. The normalized spacial score (nSPS) is 21.5. The van der Waals surface area contributed by atoms with E-state index in [1.54, 1.807) is 17.0 Å². The van der Waals surface area contributed by atoms with Crippen molar-refractivity contribution in [1.29, 1.82) is 0 Å². The third-order valence-electron chi connectivity index (χ3n) is 4.54. The first-order chi connectivity index (χ1) is 11.2. The molecule has 132 valence electrons. The van der Waals surface area contributed by atoms with Crippen molar-refractivity contribution in [2.45, 2.75) is 46.8 Å². The van der Waals surface area contributed by atoms with Crippen LogP contribution in [0.5, 0.6) is 0 Å². The molecule has 2 atom stereocenters. The van der Waals surface area contributed by atoms with Crippen LogP contribution in [-0.4, -0.2) is 41.0 Å². The van der Waals surface area contributed by atoms with Crippen LogP contribution in [0.2, 0.25) is 0 Å². The molecule has 1 saturated heterocycles. The molecule has 1 aliphatic heterocycles.